The first-order valence-corrected chi connectivity index (χ1v) is 6.93. The molecule has 0 aliphatic heterocycles. The van der Waals surface area contributed by atoms with Gasteiger partial charge < -0.3 is 5.32 Å². The summed E-state index contributed by atoms with van der Waals surface area (Å²) in [6.07, 6.45) is 5.35. The lowest BCUT2D eigenvalue weighted by atomic mass is 9.83. The van der Waals surface area contributed by atoms with Crippen LogP contribution in [0.2, 0.25) is 0 Å². The summed E-state index contributed by atoms with van der Waals surface area (Å²) in [5.74, 6) is 1.67. The summed E-state index contributed by atoms with van der Waals surface area (Å²) < 4.78 is 0. The van der Waals surface area contributed by atoms with Gasteiger partial charge >= 0.3 is 0 Å². The smallest absolute Gasteiger partial charge is 0.101 e. The number of aryl methyl sites for hydroxylation is 1. The Morgan fingerprint density at radius 1 is 1.28 bits per heavy atom. The lowest BCUT2D eigenvalue weighted by Gasteiger charge is -2.26. The first-order valence-electron chi connectivity index (χ1n) is 6.93. The molecule has 0 saturated heterocycles. The Hall–Kier alpha value is -1.49. The Balaban J connectivity index is 1.92. The topological polar surface area (TPSA) is 35.8 Å². The quantitative estimate of drug-likeness (QED) is 0.866. The van der Waals surface area contributed by atoms with E-state index >= 15 is 0 Å². The SMILES string of the molecule is Cc1ccc(NCC2CCC(C)CC2)c(C#N)c1. The maximum absolute atomic E-state index is 9.12. The number of nitrogens with one attached hydrogen (secondary N) is 1. The number of benzene rings is 1. The zero-order chi connectivity index (χ0) is 13.0. The van der Waals surface area contributed by atoms with Crippen LogP contribution in [0.25, 0.3) is 0 Å². The van der Waals surface area contributed by atoms with E-state index in [4.69, 9.17) is 5.26 Å². The molecule has 0 radical (unpaired) electrons. The van der Waals surface area contributed by atoms with Gasteiger partial charge in [-0.3, -0.25) is 0 Å². The second-order valence-corrected chi connectivity index (χ2v) is 5.67. The minimum absolute atomic E-state index is 0.763. The molecule has 18 heavy (non-hydrogen) atoms. The van der Waals surface area contributed by atoms with Crippen molar-refractivity contribution in [1.29, 1.82) is 5.26 Å². The third-order valence-corrected chi connectivity index (χ3v) is 4.01. The molecule has 1 aliphatic rings. The van der Waals surface area contributed by atoms with Gasteiger partial charge in [-0.1, -0.05) is 25.8 Å². The van der Waals surface area contributed by atoms with Gasteiger partial charge in [-0.25, -0.2) is 0 Å². The molecule has 0 heterocycles. The number of anilines is 1. The molecular weight excluding hydrogens is 220 g/mol. The number of nitrogens with zero attached hydrogens (tertiary/aromatic N) is 1. The highest BCUT2D eigenvalue weighted by molar-refractivity contribution is 5.58. The number of nitriles is 1. The van der Waals surface area contributed by atoms with Crippen LogP contribution in [0.5, 0.6) is 0 Å². The third kappa shape index (κ3) is 3.26. The van der Waals surface area contributed by atoms with Crippen LogP contribution in [0.3, 0.4) is 0 Å². The van der Waals surface area contributed by atoms with Crippen molar-refractivity contribution in [3.8, 4) is 6.07 Å². The van der Waals surface area contributed by atoms with Crippen molar-refractivity contribution < 1.29 is 0 Å². The molecule has 0 atom stereocenters. The van der Waals surface area contributed by atoms with E-state index in [1.54, 1.807) is 0 Å². The molecule has 0 unspecified atom stereocenters. The Kier molecular flexibility index (Phi) is 4.25. The summed E-state index contributed by atoms with van der Waals surface area (Å²) in [4.78, 5) is 0. The van der Waals surface area contributed by atoms with Crippen molar-refractivity contribution in [2.45, 2.75) is 39.5 Å². The molecule has 96 valence electrons. The van der Waals surface area contributed by atoms with Crippen molar-refractivity contribution in [3.05, 3.63) is 29.3 Å². The van der Waals surface area contributed by atoms with Crippen molar-refractivity contribution in [2.75, 3.05) is 11.9 Å². The standard InChI is InChI=1S/C16H22N2/c1-12-3-6-14(7-4-12)11-18-16-8-5-13(2)9-15(16)10-17/h5,8-9,12,14,18H,3-4,6-7,11H2,1-2H3. The summed E-state index contributed by atoms with van der Waals surface area (Å²) >= 11 is 0. The fraction of sp³-hybridized carbons (Fsp3) is 0.562. The third-order valence-electron chi connectivity index (χ3n) is 4.01. The van der Waals surface area contributed by atoms with E-state index in [1.807, 2.05) is 19.1 Å². The Morgan fingerprint density at radius 2 is 2.00 bits per heavy atom. The van der Waals surface area contributed by atoms with E-state index < -0.39 is 0 Å². The average Bonchev–Trinajstić information content (AvgIpc) is 2.39. The molecule has 1 aliphatic carbocycles. The largest absolute Gasteiger partial charge is 0.384 e. The zero-order valence-electron chi connectivity index (χ0n) is 11.4. The molecule has 2 heteroatoms. The lowest BCUT2D eigenvalue weighted by Crippen LogP contribution is -2.20. The van der Waals surface area contributed by atoms with E-state index in [9.17, 15) is 0 Å². The number of rotatable bonds is 3. The summed E-state index contributed by atoms with van der Waals surface area (Å²) in [5, 5.41) is 12.6. The predicted octanol–water partition coefficient (Wildman–Crippen LogP) is 4.10. The molecule has 0 spiro atoms. The fourth-order valence-electron chi connectivity index (χ4n) is 2.69. The van der Waals surface area contributed by atoms with Crippen LogP contribution in [-0.2, 0) is 0 Å². The van der Waals surface area contributed by atoms with Gasteiger partial charge in [-0.05, 0) is 49.3 Å². The maximum Gasteiger partial charge on any atom is 0.101 e. The van der Waals surface area contributed by atoms with E-state index in [0.29, 0.717) is 0 Å². The van der Waals surface area contributed by atoms with Gasteiger partial charge in [0, 0.05) is 6.54 Å². The van der Waals surface area contributed by atoms with Crippen LogP contribution in [0.4, 0.5) is 5.69 Å². The number of hydrogen-bond acceptors (Lipinski definition) is 2. The van der Waals surface area contributed by atoms with E-state index in [0.717, 1.165) is 35.2 Å². The molecule has 1 fully saturated rings. The molecule has 0 bridgehead atoms. The van der Waals surface area contributed by atoms with Crippen LogP contribution >= 0.6 is 0 Å². The monoisotopic (exact) mass is 242 g/mol. The van der Waals surface area contributed by atoms with E-state index in [1.165, 1.54) is 25.7 Å². The minimum Gasteiger partial charge on any atom is -0.384 e. The normalized spacial score (nSPS) is 23.4. The second-order valence-electron chi connectivity index (χ2n) is 5.67. The highest BCUT2D eigenvalue weighted by atomic mass is 14.9. The highest BCUT2D eigenvalue weighted by Gasteiger charge is 2.18. The van der Waals surface area contributed by atoms with Gasteiger partial charge in [0.05, 0.1) is 11.3 Å². The Labute approximate surface area is 110 Å². The van der Waals surface area contributed by atoms with Gasteiger partial charge in [-0.2, -0.15) is 5.26 Å². The fourth-order valence-corrected chi connectivity index (χ4v) is 2.69. The van der Waals surface area contributed by atoms with Crippen molar-refractivity contribution in [3.63, 3.8) is 0 Å². The lowest BCUT2D eigenvalue weighted by molar-refractivity contribution is 0.300. The summed E-state index contributed by atoms with van der Waals surface area (Å²) in [6, 6.07) is 8.31. The molecule has 2 nitrogen and oxygen atoms in total. The van der Waals surface area contributed by atoms with Crippen LogP contribution in [0, 0.1) is 30.1 Å². The van der Waals surface area contributed by atoms with Crippen LogP contribution < -0.4 is 5.32 Å². The van der Waals surface area contributed by atoms with Gasteiger partial charge in [0.1, 0.15) is 6.07 Å². The van der Waals surface area contributed by atoms with Gasteiger partial charge in [0.15, 0.2) is 0 Å². The molecular formula is C16H22N2. The van der Waals surface area contributed by atoms with Gasteiger partial charge in [0.25, 0.3) is 0 Å². The van der Waals surface area contributed by atoms with Crippen molar-refractivity contribution in [1.82, 2.24) is 0 Å². The molecule has 1 saturated carbocycles. The molecule has 1 N–H and O–H groups in total. The zero-order valence-corrected chi connectivity index (χ0v) is 11.4. The van der Waals surface area contributed by atoms with Crippen LogP contribution in [-0.4, -0.2) is 6.54 Å². The first-order chi connectivity index (χ1) is 8.69. The second kappa shape index (κ2) is 5.91. The summed E-state index contributed by atoms with van der Waals surface area (Å²) in [5.41, 5.74) is 2.89. The predicted molar refractivity (Wildman–Crippen MR) is 75.5 cm³/mol. The Bertz CT molecular complexity index is 437. The first kappa shape index (κ1) is 13.0. The van der Waals surface area contributed by atoms with Crippen molar-refractivity contribution >= 4 is 5.69 Å². The molecule has 1 aromatic rings. The molecule has 2 rings (SSSR count). The van der Waals surface area contributed by atoms with E-state index in [-0.39, 0.29) is 0 Å². The minimum atomic E-state index is 0.763. The Morgan fingerprint density at radius 3 is 2.67 bits per heavy atom. The maximum atomic E-state index is 9.12. The summed E-state index contributed by atoms with van der Waals surface area (Å²) in [6.45, 7) is 5.37. The van der Waals surface area contributed by atoms with E-state index in [2.05, 4.69) is 24.4 Å². The average molecular weight is 242 g/mol. The molecule has 0 aromatic heterocycles. The van der Waals surface area contributed by atoms with Crippen LogP contribution in [0.1, 0.15) is 43.7 Å². The van der Waals surface area contributed by atoms with Gasteiger partial charge in [-0.15, -0.1) is 0 Å². The highest BCUT2D eigenvalue weighted by Crippen LogP contribution is 2.28. The number of hydrogen-bond donors (Lipinski definition) is 1. The van der Waals surface area contributed by atoms with Crippen molar-refractivity contribution in [2.24, 2.45) is 11.8 Å². The van der Waals surface area contributed by atoms with Gasteiger partial charge in [0.2, 0.25) is 0 Å². The molecule has 0 amide bonds. The molecule has 1 aromatic carbocycles. The summed E-state index contributed by atoms with van der Waals surface area (Å²) in [7, 11) is 0. The van der Waals surface area contributed by atoms with Crippen LogP contribution in [0.15, 0.2) is 18.2 Å².